The third-order valence-corrected chi connectivity index (χ3v) is 8.06. The molecule has 0 spiro atoms. The Morgan fingerprint density at radius 1 is 0.471 bits per heavy atom. The molecular formula is C28H22N4S2. The van der Waals surface area contributed by atoms with Gasteiger partial charge in [0, 0.05) is 32.4 Å². The Balaban J connectivity index is 1.34. The lowest BCUT2D eigenvalue weighted by atomic mass is 10.1. The van der Waals surface area contributed by atoms with Crippen molar-refractivity contribution in [3.63, 3.8) is 0 Å². The van der Waals surface area contributed by atoms with Gasteiger partial charge in [-0.25, -0.2) is 9.98 Å². The summed E-state index contributed by atoms with van der Waals surface area (Å²) in [5.41, 5.74) is 11.3. The number of aliphatic imine (C=N–C) groups is 2. The molecule has 0 aliphatic carbocycles. The van der Waals surface area contributed by atoms with Gasteiger partial charge in [-0.05, 0) is 47.5 Å². The zero-order chi connectivity index (χ0) is 22.7. The van der Waals surface area contributed by atoms with Crippen molar-refractivity contribution in [1.29, 1.82) is 0 Å². The van der Waals surface area contributed by atoms with Gasteiger partial charge in [0.1, 0.15) is 11.7 Å². The fraction of sp³-hybridized carbons (Fsp3) is 0.0714. The molecule has 4 aromatic carbocycles. The molecule has 0 atom stereocenters. The number of nitrogens with one attached hydrogen (secondary N) is 2. The van der Waals surface area contributed by atoms with Crippen LogP contribution in [0.25, 0.3) is 0 Å². The van der Waals surface area contributed by atoms with Crippen LogP contribution in [0.2, 0.25) is 0 Å². The fourth-order valence-electron chi connectivity index (χ4n) is 4.03. The lowest BCUT2D eigenvalue weighted by molar-refractivity contribution is 0.825. The molecule has 0 unspecified atom stereocenters. The molecule has 166 valence electrons. The van der Waals surface area contributed by atoms with Gasteiger partial charge < -0.3 is 0 Å². The monoisotopic (exact) mass is 478 g/mol. The van der Waals surface area contributed by atoms with Gasteiger partial charge in [0.05, 0.1) is 11.4 Å². The first kappa shape index (κ1) is 21.1. The second-order valence-electron chi connectivity index (χ2n) is 8.08. The van der Waals surface area contributed by atoms with Gasteiger partial charge in [0.15, 0.2) is 0 Å². The number of rotatable bonds is 0. The van der Waals surface area contributed by atoms with Crippen molar-refractivity contribution in [3.8, 4) is 0 Å². The van der Waals surface area contributed by atoms with E-state index in [1.54, 1.807) is 23.5 Å². The molecule has 0 saturated heterocycles. The zero-order valence-electron chi connectivity index (χ0n) is 18.4. The number of hydrogen-bond donors (Lipinski definition) is 2. The molecule has 2 N–H and O–H groups in total. The van der Waals surface area contributed by atoms with Gasteiger partial charge >= 0.3 is 0 Å². The van der Waals surface area contributed by atoms with Crippen molar-refractivity contribution >= 4 is 46.6 Å². The van der Waals surface area contributed by atoms with Crippen LogP contribution in [0.5, 0.6) is 0 Å². The summed E-state index contributed by atoms with van der Waals surface area (Å²) in [4.78, 5) is 14.8. The van der Waals surface area contributed by atoms with Crippen LogP contribution in [-0.4, -0.2) is 11.7 Å². The Labute approximate surface area is 207 Å². The fourth-order valence-corrected chi connectivity index (χ4v) is 6.07. The minimum absolute atomic E-state index is 0.709. The maximum atomic E-state index is 4.98. The van der Waals surface area contributed by atoms with Crippen LogP contribution in [0.3, 0.4) is 0 Å². The summed E-state index contributed by atoms with van der Waals surface area (Å²) in [5, 5.41) is 0. The van der Waals surface area contributed by atoms with Gasteiger partial charge in [-0.15, -0.1) is 0 Å². The highest BCUT2D eigenvalue weighted by molar-refractivity contribution is 7.99. The van der Waals surface area contributed by atoms with E-state index in [0.29, 0.717) is 12.8 Å². The maximum absolute atomic E-state index is 4.98. The Hall–Kier alpha value is -3.48. The lowest BCUT2D eigenvalue weighted by Crippen LogP contribution is -2.43. The van der Waals surface area contributed by atoms with Crippen molar-refractivity contribution in [1.82, 2.24) is 10.9 Å². The van der Waals surface area contributed by atoms with E-state index in [0.717, 1.165) is 32.8 Å². The van der Waals surface area contributed by atoms with Gasteiger partial charge in [-0.1, -0.05) is 84.2 Å². The first-order valence-electron chi connectivity index (χ1n) is 11.2. The number of amidine groups is 2. The molecule has 0 bridgehead atoms. The van der Waals surface area contributed by atoms with E-state index in [4.69, 9.17) is 9.98 Å². The number of hydrogen-bond acceptors (Lipinski definition) is 6. The van der Waals surface area contributed by atoms with E-state index in [1.807, 2.05) is 12.1 Å². The van der Waals surface area contributed by atoms with E-state index in [9.17, 15) is 0 Å². The summed E-state index contributed by atoms with van der Waals surface area (Å²) in [7, 11) is 0. The highest BCUT2D eigenvalue weighted by Crippen LogP contribution is 2.39. The summed E-state index contributed by atoms with van der Waals surface area (Å²) in [5.74, 6) is 1.72. The Kier molecular flexibility index (Phi) is 5.83. The Morgan fingerprint density at radius 3 is 1.32 bits per heavy atom. The minimum Gasteiger partial charge on any atom is -0.286 e. The third kappa shape index (κ3) is 4.47. The summed E-state index contributed by atoms with van der Waals surface area (Å²) in [6, 6.07) is 33.6. The molecule has 4 nitrogen and oxygen atoms in total. The number of fused-ring (bicyclic) bond motifs is 4. The van der Waals surface area contributed by atoms with Gasteiger partial charge in [-0.2, -0.15) is 0 Å². The third-order valence-electron chi connectivity index (χ3n) is 5.69. The molecule has 0 radical (unpaired) electrons. The van der Waals surface area contributed by atoms with Gasteiger partial charge in [0.2, 0.25) is 0 Å². The van der Waals surface area contributed by atoms with Crippen LogP contribution >= 0.6 is 23.5 Å². The van der Waals surface area contributed by atoms with Crippen molar-refractivity contribution in [2.75, 3.05) is 0 Å². The Bertz CT molecular complexity index is 1320. The molecule has 4 aromatic rings. The van der Waals surface area contributed by atoms with Crippen LogP contribution in [0.15, 0.2) is 127 Å². The quantitative estimate of drug-likeness (QED) is 0.268. The predicted molar refractivity (Wildman–Crippen MR) is 142 cm³/mol. The number of nitrogens with zero attached hydrogens (tertiary/aromatic N) is 2. The van der Waals surface area contributed by atoms with Crippen molar-refractivity contribution in [3.05, 3.63) is 108 Å². The molecule has 0 saturated carbocycles. The molecule has 2 aliphatic rings. The molecular weight excluding hydrogens is 456 g/mol. The van der Waals surface area contributed by atoms with Gasteiger partial charge in [0.25, 0.3) is 0 Å². The van der Waals surface area contributed by atoms with Crippen LogP contribution in [0.1, 0.15) is 11.1 Å². The number of benzene rings is 4. The summed E-state index contributed by atoms with van der Waals surface area (Å²) < 4.78 is 0. The largest absolute Gasteiger partial charge is 0.286 e. The number of para-hydroxylation sites is 2. The molecule has 2 heterocycles. The zero-order valence-corrected chi connectivity index (χ0v) is 20.0. The summed E-state index contributed by atoms with van der Waals surface area (Å²) in [6.45, 7) is 0. The van der Waals surface area contributed by atoms with Crippen LogP contribution < -0.4 is 10.9 Å². The highest BCUT2D eigenvalue weighted by Gasteiger charge is 2.17. The van der Waals surface area contributed by atoms with Crippen molar-refractivity contribution in [2.24, 2.45) is 9.98 Å². The Morgan fingerprint density at radius 2 is 0.853 bits per heavy atom. The van der Waals surface area contributed by atoms with Crippen LogP contribution in [-0.2, 0) is 12.8 Å². The molecule has 2 aliphatic heterocycles. The smallest absolute Gasteiger partial charge is 0.125 e. The molecule has 6 heteroatoms. The molecule has 0 aromatic heterocycles. The van der Waals surface area contributed by atoms with E-state index in [2.05, 4.69) is 95.8 Å². The van der Waals surface area contributed by atoms with Crippen molar-refractivity contribution < 1.29 is 0 Å². The lowest BCUT2D eigenvalue weighted by Gasteiger charge is -2.21. The van der Waals surface area contributed by atoms with E-state index < -0.39 is 0 Å². The highest BCUT2D eigenvalue weighted by atomic mass is 32.2. The van der Waals surface area contributed by atoms with Crippen LogP contribution in [0, 0.1) is 0 Å². The average Bonchev–Trinajstić information content (AvgIpc) is 2.84. The SMILES string of the molecule is c1ccc2c(c1)CC(NNC1=Nc3ccccc3Sc3ccccc3C1)=Nc1ccccc1S2. The average molecular weight is 479 g/mol. The topological polar surface area (TPSA) is 48.8 Å². The number of hydrazine groups is 1. The van der Waals surface area contributed by atoms with E-state index >= 15 is 0 Å². The van der Waals surface area contributed by atoms with Crippen LogP contribution in [0.4, 0.5) is 11.4 Å². The van der Waals surface area contributed by atoms with E-state index in [1.165, 1.54) is 20.9 Å². The van der Waals surface area contributed by atoms with E-state index in [-0.39, 0.29) is 0 Å². The normalized spacial score (nSPS) is 14.4. The molecule has 6 rings (SSSR count). The first-order valence-corrected chi connectivity index (χ1v) is 12.8. The standard InChI is InChI=1S/C28H22N4S2/c1-5-13-23-19(9-1)17-27(29-21-11-3-7-15-25(21)33-23)31-32-28-18-20-10-2-6-14-24(20)34-26-16-8-4-12-22(26)30-28/h1-16H,17-18H2,(H,29,31)(H,30,32). The second kappa shape index (κ2) is 9.41. The molecule has 34 heavy (non-hydrogen) atoms. The van der Waals surface area contributed by atoms with Crippen molar-refractivity contribution in [2.45, 2.75) is 32.4 Å². The second-order valence-corrected chi connectivity index (χ2v) is 10.2. The molecule has 0 amide bonds. The predicted octanol–water partition coefficient (Wildman–Crippen LogP) is 6.96. The minimum atomic E-state index is 0.709. The summed E-state index contributed by atoms with van der Waals surface area (Å²) in [6.07, 6.45) is 1.42. The summed E-state index contributed by atoms with van der Waals surface area (Å²) >= 11 is 3.55. The maximum Gasteiger partial charge on any atom is 0.125 e. The molecule has 0 fully saturated rings. The first-order chi connectivity index (χ1) is 16.8. The van der Waals surface area contributed by atoms with Gasteiger partial charge in [-0.3, -0.25) is 10.9 Å².